The average Bonchev–Trinajstić information content (AvgIpc) is 2.00. The van der Waals surface area contributed by atoms with E-state index in [-0.39, 0.29) is 0 Å². The van der Waals surface area contributed by atoms with Crippen molar-refractivity contribution in [1.82, 2.24) is 0 Å². The molecule has 1 aliphatic rings. The van der Waals surface area contributed by atoms with Gasteiger partial charge in [0.1, 0.15) is 0 Å². The van der Waals surface area contributed by atoms with Crippen molar-refractivity contribution in [2.24, 2.45) is 0 Å². The highest BCUT2D eigenvalue weighted by atomic mass is 31.1. The second-order valence-corrected chi connectivity index (χ2v) is 6.75. The van der Waals surface area contributed by atoms with E-state index in [1.165, 1.54) is 25.7 Å². The first-order chi connectivity index (χ1) is 4.50. The van der Waals surface area contributed by atoms with E-state index in [0.717, 1.165) is 0 Å². The fourth-order valence-electron chi connectivity index (χ4n) is 0.905. The highest BCUT2D eigenvalue weighted by Gasteiger charge is 1.95. The molecular weight excluding hydrogens is 165 g/mol. The van der Waals surface area contributed by atoms with Crippen molar-refractivity contribution >= 4 is 25.7 Å². The molecule has 0 unspecified atom stereocenters. The Bertz CT molecular complexity index is 36.8. The molecular formula is C6H15P3. The third-order valence-corrected chi connectivity index (χ3v) is 6.56. The van der Waals surface area contributed by atoms with Gasteiger partial charge >= 0.3 is 0 Å². The van der Waals surface area contributed by atoms with Gasteiger partial charge in [0.15, 0.2) is 0 Å². The van der Waals surface area contributed by atoms with Crippen LogP contribution >= 0.6 is 25.7 Å². The molecule has 1 saturated heterocycles. The van der Waals surface area contributed by atoms with E-state index in [1.807, 2.05) is 0 Å². The molecule has 1 rings (SSSR count). The highest BCUT2D eigenvalue weighted by molar-refractivity contribution is 7.46. The summed E-state index contributed by atoms with van der Waals surface area (Å²) in [4.78, 5) is 0. The number of hydrogen-bond acceptors (Lipinski definition) is 0. The Labute approximate surface area is 63.3 Å². The maximum Gasteiger partial charge on any atom is -0.0316 e. The van der Waals surface area contributed by atoms with Gasteiger partial charge in [0.05, 0.1) is 0 Å². The van der Waals surface area contributed by atoms with Crippen LogP contribution in [-0.4, -0.2) is 37.0 Å². The van der Waals surface area contributed by atoms with Crippen molar-refractivity contribution in [1.29, 1.82) is 0 Å². The Kier molecular flexibility index (Phi) is 5.62. The van der Waals surface area contributed by atoms with Crippen molar-refractivity contribution in [3.05, 3.63) is 0 Å². The SMILES string of the molecule is C1CPCCPCCP1. The van der Waals surface area contributed by atoms with Crippen molar-refractivity contribution in [3.8, 4) is 0 Å². The lowest BCUT2D eigenvalue weighted by atomic mass is 10.9. The Hall–Kier alpha value is 1.29. The number of rotatable bonds is 0. The summed E-state index contributed by atoms with van der Waals surface area (Å²) in [7, 11) is 3.90. The molecule has 0 aromatic rings. The molecule has 0 atom stereocenters. The zero-order chi connectivity index (χ0) is 6.36. The minimum Gasteiger partial charge on any atom is -0.121 e. The Morgan fingerprint density at radius 3 is 0.889 bits per heavy atom. The van der Waals surface area contributed by atoms with Gasteiger partial charge in [-0.2, -0.15) is 0 Å². The monoisotopic (exact) mass is 180 g/mol. The smallest absolute Gasteiger partial charge is 0.0316 e. The highest BCUT2D eigenvalue weighted by Crippen LogP contribution is 2.25. The van der Waals surface area contributed by atoms with Gasteiger partial charge in [0, 0.05) is 0 Å². The molecule has 3 heteroatoms. The van der Waals surface area contributed by atoms with E-state index in [1.54, 1.807) is 37.0 Å². The van der Waals surface area contributed by atoms with Gasteiger partial charge in [-0.1, -0.05) is 0 Å². The van der Waals surface area contributed by atoms with Gasteiger partial charge in [-0.05, 0) is 37.0 Å². The molecule has 1 aliphatic heterocycles. The standard InChI is InChI=1S/C6H15P3/c1-2-8-5-6-9-4-3-7-1/h7-9H,1-6H2. The summed E-state index contributed by atoms with van der Waals surface area (Å²) in [6.07, 6.45) is 9.27. The molecule has 0 bridgehead atoms. The Balaban J connectivity index is 2.02. The van der Waals surface area contributed by atoms with Gasteiger partial charge in [-0.3, -0.25) is 0 Å². The van der Waals surface area contributed by atoms with E-state index in [9.17, 15) is 0 Å². The van der Waals surface area contributed by atoms with E-state index < -0.39 is 0 Å². The first kappa shape index (κ1) is 8.39. The van der Waals surface area contributed by atoms with Crippen LogP contribution in [0.15, 0.2) is 0 Å². The van der Waals surface area contributed by atoms with Crippen molar-refractivity contribution in [2.75, 3.05) is 37.0 Å². The molecule has 0 aromatic heterocycles. The van der Waals surface area contributed by atoms with Crippen LogP contribution in [0.2, 0.25) is 0 Å². The molecule has 0 aliphatic carbocycles. The van der Waals surface area contributed by atoms with Gasteiger partial charge in [-0.25, -0.2) is 0 Å². The van der Waals surface area contributed by atoms with Crippen LogP contribution in [0.25, 0.3) is 0 Å². The molecule has 0 amide bonds. The largest absolute Gasteiger partial charge is 0.121 e. The Morgan fingerprint density at radius 1 is 0.444 bits per heavy atom. The van der Waals surface area contributed by atoms with Gasteiger partial charge in [0.25, 0.3) is 0 Å². The average molecular weight is 180 g/mol. The van der Waals surface area contributed by atoms with Crippen molar-refractivity contribution < 1.29 is 0 Å². The molecule has 0 spiro atoms. The molecule has 0 N–H and O–H groups in total. The predicted molar refractivity (Wildman–Crippen MR) is 54.1 cm³/mol. The summed E-state index contributed by atoms with van der Waals surface area (Å²) >= 11 is 0. The minimum atomic E-state index is 1.30. The molecule has 1 fully saturated rings. The maximum absolute atomic E-state index is 1.54. The summed E-state index contributed by atoms with van der Waals surface area (Å²) in [5, 5.41) is 0. The van der Waals surface area contributed by atoms with Crippen LogP contribution < -0.4 is 0 Å². The second kappa shape index (κ2) is 6.03. The van der Waals surface area contributed by atoms with Crippen LogP contribution in [0.1, 0.15) is 0 Å². The number of hydrogen-bond donors (Lipinski definition) is 0. The molecule has 0 radical (unpaired) electrons. The maximum atomic E-state index is 1.54. The summed E-state index contributed by atoms with van der Waals surface area (Å²) in [6.45, 7) is 0. The third-order valence-electron chi connectivity index (χ3n) is 1.44. The summed E-state index contributed by atoms with van der Waals surface area (Å²) in [6, 6.07) is 0. The third kappa shape index (κ3) is 4.66. The van der Waals surface area contributed by atoms with E-state index in [0.29, 0.717) is 0 Å². The normalized spacial score (nSPS) is 32.0. The van der Waals surface area contributed by atoms with E-state index >= 15 is 0 Å². The lowest BCUT2D eigenvalue weighted by Gasteiger charge is -1.94. The molecule has 0 aromatic carbocycles. The van der Waals surface area contributed by atoms with Crippen LogP contribution in [0.5, 0.6) is 0 Å². The minimum absolute atomic E-state index is 1.30. The fraction of sp³-hybridized carbons (Fsp3) is 1.00. The van der Waals surface area contributed by atoms with Crippen LogP contribution in [0, 0.1) is 0 Å². The lowest BCUT2D eigenvalue weighted by molar-refractivity contribution is 1.47. The first-order valence-electron chi connectivity index (χ1n) is 3.62. The van der Waals surface area contributed by atoms with Crippen LogP contribution in [0.4, 0.5) is 0 Å². The molecule has 54 valence electrons. The molecule has 1 heterocycles. The van der Waals surface area contributed by atoms with E-state index in [2.05, 4.69) is 0 Å². The predicted octanol–water partition coefficient (Wildman–Crippen LogP) is 2.04. The van der Waals surface area contributed by atoms with Crippen LogP contribution in [-0.2, 0) is 0 Å². The summed E-state index contributed by atoms with van der Waals surface area (Å²) in [5.74, 6) is 0. The summed E-state index contributed by atoms with van der Waals surface area (Å²) < 4.78 is 0. The second-order valence-electron chi connectivity index (χ2n) is 2.25. The molecule has 9 heavy (non-hydrogen) atoms. The summed E-state index contributed by atoms with van der Waals surface area (Å²) in [5.41, 5.74) is 0. The quantitative estimate of drug-likeness (QED) is 0.500. The Morgan fingerprint density at radius 2 is 0.667 bits per heavy atom. The first-order valence-corrected chi connectivity index (χ1v) is 7.86. The molecule has 0 saturated carbocycles. The van der Waals surface area contributed by atoms with Crippen molar-refractivity contribution in [2.45, 2.75) is 0 Å². The van der Waals surface area contributed by atoms with Crippen LogP contribution in [0.3, 0.4) is 0 Å². The zero-order valence-electron chi connectivity index (χ0n) is 5.74. The van der Waals surface area contributed by atoms with Gasteiger partial charge in [0.2, 0.25) is 0 Å². The zero-order valence-corrected chi connectivity index (χ0v) is 8.74. The van der Waals surface area contributed by atoms with E-state index in [4.69, 9.17) is 0 Å². The molecule has 0 nitrogen and oxygen atoms in total. The van der Waals surface area contributed by atoms with Gasteiger partial charge < -0.3 is 0 Å². The fourth-order valence-corrected chi connectivity index (χ4v) is 5.90. The van der Waals surface area contributed by atoms with Gasteiger partial charge in [-0.15, -0.1) is 25.7 Å². The van der Waals surface area contributed by atoms with Crippen molar-refractivity contribution in [3.63, 3.8) is 0 Å². The lowest BCUT2D eigenvalue weighted by Crippen LogP contribution is -1.81. The topological polar surface area (TPSA) is 0 Å².